The Labute approximate surface area is 141 Å². The molecule has 0 radical (unpaired) electrons. The fourth-order valence-corrected chi connectivity index (χ4v) is 2.69. The minimum atomic E-state index is -0.295. The number of anilines is 1. The molecule has 0 saturated carbocycles. The molecule has 4 nitrogen and oxygen atoms in total. The number of aromatic nitrogens is 1. The van der Waals surface area contributed by atoms with Gasteiger partial charge in [0.2, 0.25) is 5.13 Å². The summed E-state index contributed by atoms with van der Waals surface area (Å²) >= 11 is 6.41. The maximum atomic E-state index is 12.9. The predicted molar refractivity (Wildman–Crippen MR) is 93.7 cm³/mol. The maximum absolute atomic E-state index is 12.9. The maximum Gasteiger partial charge on any atom is 0.217 e. The van der Waals surface area contributed by atoms with Crippen LogP contribution in [0, 0.1) is 5.82 Å². The summed E-state index contributed by atoms with van der Waals surface area (Å²) in [5.74, 6) is 0.936. The molecular formula is C16H13FN2O2S2. The van der Waals surface area contributed by atoms with E-state index in [9.17, 15) is 4.39 Å². The largest absolute Gasteiger partial charge is 0.457 e. The molecule has 1 N–H and O–H groups in total. The van der Waals surface area contributed by atoms with Crippen molar-refractivity contribution >= 4 is 44.0 Å². The Morgan fingerprint density at radius 1 is 1.22 bits per heavy atom. The molecule has 0 saturated heterocycles. The number of fused-ring (bicyclic) bond motifs is 1. The number of nitrogens with zero attached hydrogens (tertiary/aromatic N) is 1. The standard InChI is InChI=1S/C16H13FN2O2S2/c1-2-15(22)21-19-16-18-13-8-7-12(9-14(13)23-16)20-11-5-3-10(17)4-6-11/h3-9H,2H2,1H3,(H,18,19). The molecule has 23 heavy (non-hydrogen) atoms. The second kappa shape index (κ2) is 6.89. The lowest BCUT2D eigenvalue weighted by Gasteiger charge is -2.04. The van der Waals surface area contributed by atoms with Gasteiger partial charge in [-0.25, -0.2) is 9.37 Å². The SMILES string of the molecule is CCC(=S)ONc1nc2ccc(Oc3ccc(F)cc3)cc2s1. The lowest BCUT2D eigenvalue weighted by molar-refractivity contribution is 0.394. The van der Waals surface area contributed by atoms with Crippen LogP contribution < -0.4 is 10.2 Å². The van der Waals surface area contributed by atoms with Crippen molar-refractivity contribution in [2.24, 2.45) is 0 Å². The number of halogens is 1. The monoisotopic (exact) mass is 348 g/mol. The van der Waals surface area contributed by atoms with Crippen LogP contribution in [-0.2, 0) is 4.84 Å². The van der Waals surface area contributed by atoms with E-state index >= 15 is 0 Å². The van der Waals surface area contributed by atoms with Gasteiger partial charge in [0.15, 0.2) is 5.05 Å². The first-order chi connectivity index (χ1) is 11.1. The average Bonchev–Trinajstić information content (AvgIpc) is 2.97. The van der Waals surface area contributed by atoms with Gasteiger partial charge in [-0.05, 0) is 48.6 Å². The van der Waals surface area contributed by atoms with Crippen molar-refractivity contribution in [2.75, 3.05) is 5.48 Å². The molecule has 118 valence electrons. The van der Waals surface area contributed by atoms with Crippen molar-refractivity contribution < 1.29 is 14.0 Å². The molecule has 0 fully saturated rings. The summed E-state index contributed by atoms with van der Waals surface area (Å²) in [6.07, 6.45) is 0.656. The number of thiazole rings is 1. The highest BCUT2D eigenvalue weighted by molar-refractivity contribution is 7.80. The quantitative estimate of drug-likeness (QED) is 0.500. The number of ether oxygens (including phenoxy) is 1. The van der Waals surface area contributed by atoms with Crippen LogP contribution in [0.5, 0.6) is 11.5 Å². The first-order valence-corrected chi connectivity index (χ1v) is 8.16. The van der Waals surface area contributed by atoms with Gasteiger partial charge < -0.3 is 9.57 Å². The third-order valence-corrected chi connectivity index (χ3v) is 4.24. The topological polar surface area (TPSA) is 43.4 Å². The second-order valence-corrected chi connectivity index (χ2v) is 6.12. The van der Waals surface area contributed by atoms with Crippen molar-refractivity contribution in [3.8, 4) is 11.5 Å². The molecule has 2 aromatic carbocycles. The van der Waals surface area contributed by atoms with Gasteiger partial charge in [0.1, 0.15) is 17.3 Å². The van der Waals surface area contributed by atoms with Crippen LogP contribution in [-0.4, -0.2) is 10.0 Å². The molecular weight excluding hydrogens is 335 g/mol. The van der Waals surface area contributed by atoms with E-state index in [2.05, 4.69) is 10.5 Å². The van der Waals surface area contributed by atoms with E-state index in [1.807, 2.05) is 25.1 Å². The van der Waals surface area contributed by atoms with Crippen LogP contribution in [0.15, 0.2) is 42.5 Å². The summed E-state index contributed by atoms with van der Waals surface area (Å²) in [5.41, 5.74) is 3.57. The molecule has 0 aliphatic carbocycles. The van der Waals surface area contributed by atoms with E-state index in [4.69, 9.17) is 21.8 Å². The molecule has 0 aliphatic heterocycles. The van der Waals surface area contributed by atoms with Gasteiger partial charge in [-0.3, -0.25) is 0 Å². The third kappa shape index (κ3) is 3.94. The van der Waals surface area contributed by atoms with E-state index < -0.39 is 0 Å². The van der Waals surface area contributed by atoms with Crippen LogP contribution in [0.2, 0.25) is 0 Å². The molecule has 3 aromatic rings. The minimum absolute atomic E-state index is 0.295. The van der Waals surface area contributed by atoms with Crippen molar-refractivity contribution in [3.05, 3.63) is 48.3 Å². The molecule has 1 heterocycles. The molecule has 3 rings (SSSR count). The van der Waals surface area contributed by atoms with Crippen LogP contribution in [0.3, 0.4) is 0 Å². The van der Waals surface area contributed by atoms with Crippen molar-refractivity contribution in [2.45, 2.75) is 13.3 Å². The smallest absolute Gasteiger partial charge is 0.217 e. The van der Waals surface area contributed by atoms with E-state index in [0.29, 0.717) is 28.1 Å². The first-order valence-electron chi connectivity index (χ1n) is 6.94. The summed E-state index contributed by atoms with van der Waals surface area (Å²) in [6.45, 7) is 1.92. The number of rotatable bonds is 5. The molecule has 0 atom stereocenters. The summed E-state index contributed by atoms with van der Waals surface area (Å²) in [6, 6.07) is 11.4. The van der Waals surface area contributed by atoms with E-state index in [0.717, 1.165) is 10.2 Å². The predicted octanol–water partition coefficient (Wildman–Crippen LogP) is 5.31. The Morgan fingerprint density at radius 3 is 2.70 bits per heavy atom. The van der Waals surface area contributed by atoms with Gasteiger partial charge in [0, 0.05) is 12.5 Å². The zero-order chi connectivity index (χ0) is 16.2. The lowest BCUT2D eigenvalue weighted by Crippen LogP contribution is -2.06. The van der Waals surface area contributed by atoms with Crippen molar-refractivity contribution in [1.82, 2.24) is 4.98 Å². The Kier molecular flexibility index (Phi) is 4.68. The van der Waals surface area contributed by atoms with E-state index in [1.54, 1.807) is 12.1 Å². The highest BCUT2D eigenvalue weighted by atomic mass is 32.1. The Bertz CT molecular complexity index is 834. The molecule has 1 aromatic heterocycles. The lowest BCUT2D eigenvalue weighted by atomic mass is 10.3. The van der Waals surface area contributed by atoms with Gasteiger partial charge >= 0.3 is 0 Å². The molecule has 0 spiro atoms. The fraction of sp³-hybridized carbons (Fsp3) is 0.125. The van der Waals surface area contributed by atoms with E-state index in [-0.39, 0.29) is 5.82 Å². The van der Waals surface area contributed by atoms with Crippen LogP contribution in [0.25, 0.3) is 10.2 Å². The van der Waals surface area contributed by atoms with Crippen LogP contribution in [0.1, 0.15) is 13.3 Å². The van der Waals surface area contributed by atoms with Gasteiger partial charge in [0.25, 0.3) is 0 Å². The average molecular weight is 348 g/mol. The minimum Gasteiger partial charge on any atom is -0.457 e. The molecule has 0 bridgehead atoms. The summed E-state index contributed by atoms with van der Waals surface area (Å²) in [7, 11) is 0. The van der Waals surface area contributed by atoms with Crippen LogP contribution >= 0.6 is 23.6 Å². The molecule has 0 amide bonds. The van der Waals surface area contributed by atoms with Gasteiger partial charge in [-0.2, -0.15) is 5.48 Å². The van der Waals surface area contributed by atoms with Gasteiger partial charge in [-0.15, -0.1) is 0 Å². The number of thiocarbonyl (C=S) groups is 1. The Morgan fingerprint density at radius 2 is 1.96 bits per heavy atom. The van der Waals surface area contributed by atoms with Crippen molar-refractivity contribution in [1.29, 1.82) is 0 Å². The second-order valence-electron chi connectivity index (χ2n) is 4.63. The first kappa shape index (κ1) is 15.6. The number of hydrogen-bond donors (Lipinski definition) is 1. The normalized spacial score (nSPS) is 10.5. The number of nitrogens with one attached hydrogen (secondary N) is 1. The van der Waals surface area contributed by atoms with E-state index in [1.165, 1.54) is 23.5 Å². The molecule has 0 aliphatic rings. The highest BCUT2D eigenvalue weighted by Crippen LogP contribution is 2.31. The Balaban J connectivity index is 1.76. The molecule has 7 heteroatoms. The number of hydrogen-bond acceptors (Lipinski definition) is 6. The van der Waals surface area contributed by atoms with Gasteiger partial charge in [0.05, 0.1) is 10.2 Å². The fourth-order valence-electron chi connectivity index (χ4n) is 1.82. The van der Waals surface area contributed by atoms with Gasteiger partial charge in [-0.1, -0.05) is 18.3 Å². The summed E-state index contributed by atoms with van der Waals surface area (Å²) in [5, 5.41) is 1.10. The summed E-state index contributed by atoms with van der Waals surface area (Å²) in [4.78, 5) is 9.60. The highest BCUT2D eigenvalue weighted by Gasteiger charge is 2.07. The Hall–Kier alpha value is -2.25. The zero-order valence-electron chi connectivity index (χ0n) is 12.2. The third-order valence-electron chi connectivity index (χ3n) is 2.95. The zero-order valence-corrected chi connectivity index (χ0v) is 13.8. The molecule has 0 unspecified atom stereocenters. The van der Waals surface area contributed by atoms with Crippen molar-refractivity contribution in [3.63, 3.8) is 0 Å². The summed E-state index contributed by atoms with van der Waals surface area (Å²) < 4.78 is 19.6. The number of benzene rings is 2. The van der Waals surface area contributed by atoms with Crippen LogP contribution in [0.4, 0.5) is 9.52 Å².